The zero-order chi connectivity index (χ0) is 13.7. The highest BCUT2D eigenvalue weighted by Crippen LogP contribution is 2.30. The molecule has 0 aliphatic heterocycles. The lowest BCUT2D eigenvalue weighted by molar-refractivity contribution is 0.0926. The second-order valence-electron chi connectivity index (χ2n) is 5.78. The largest absolute Gasteiger partial charge is 0.349 e. The molecule has 1 aliphatic carbocycles. The van der Waals surface area contributed by atoms with Gasteiger partial charge >= 0.3 is 0 Å². The van der Waals surface area contributed by atoms with E-state index >= 15 is 0 Å². The Labute approximate surface area is 116 Å². The Bertz CT molecular complexity index is 427. The predicted molar refractivity (Wildman–Crippen MR) is 79.3 cm³/mol. The van der Waals surface area contributed by atoms with Crippen molar-refractivity contribution in [2.45, 2.75) is 58.4 Å². The van der Waals surface area contributed by atoms with Crippen molar-refractivity contribution in [2.75, 3.05) is 0 Å². The third-order valence-electron chi connectivity index (χ3n) is 4.18. The van der Waals surface area contributed by atoms with Gasteiger partial charge in [-0.2, -0.15) is 0 Å². The number of nitrogens with one attached hydrogen (secondary N) is 1. The number of hydrogen-bond donors (Lipinski definition) is 1. The Hall–Kier alpha value is -1.31. The van der Waals surface area contributed by atoms with Gasteiger partial charge in [-0.15, -0.1) is 0 Å². The topological polar surface area (TPSA) is 29.1 Å². The molecule has 0 aromatic heterocycles. The summed E-state index contributed by atoms with van der Waals surface area (Å²) in [6.07, 6.45) is 7.46. The van der Waals surface area contributed by atoms with E-state index in [0.717, 1.165) is 17.5 Å². The van der Waals surface area contributed by atoms with Gasteiger partial charge < -0.3 is 5.32 Å². The molecule has 2 atom stereocenters. The Kier molecular flexibility index (Phi) is 5.00. The summed E-state index contributed by atoms with van der Waals surface area (Å²) >= 11 is 0. The summed E-state index contributed by atoms with van der Waals surface area (Å²) in [4.78, 5) is 12.3. The van der Waals surface area contributed by atoms with E-state index in [1.165, 1.54) is 32.1 Å². The Morgan fingerprint density at radius 3 is 2.95 bits per heavy atom. The molecule has 1 aliphatic rings. The SMILES string of the molecule is CCCCC1CCCC1NC(=O)c1cccc(C)c1. The van der Waals surface area contributed by atoms with Crippen LogP contribution in [0.3, 0.4) is 0 Å². The summed E-state index contributed by atoms with van der Waals surface area (Å²) in [5, 5.41) is 3.24. The van der Waals surface area contributed by atoms with Crippen LogP contribution in [0.4, 0.5) is 0 Å². The number of hydrogen-bond acceptors (Lipinski definition) is 1. The van der Waals surface area contributed by atoms with E-state index in [1.54, 1.807) is 0 Å². The lowest BCUT2D eigenvalue weighted by atomic mass is 9.96. The van der Waals surface area contributed by atoms with E-state index in [9.17, 15) is 4.79 Å². The quantitative estimate of drug-likeness (QED) is 0.848. The number of benzene rings is 1. The number of aryl methyl sites for hydroxylation is 1. The van der Waals surface area contributed by atoms with Crippen molar-refractivity contribution >= 4 is 5.91 Å². The standard InChI is InChI=1S/C17H25NO/c1-3-4-8-14-9-6-11-16(14)18-17(19)15-10-5-7-13(2)12-15/h5,7,10,12,14,16H,3-4,6,8-9,11H2,1-2H3,(H,18,19). The summed E-state index contributed by atoms with van der Waals surface area (Å²) in [5.41, 5.74) is 1.93. The van der Waals surface area contributed by atoms with Crippen molar-refractivity contribution in [3.05, 3.63) is 35.4 Å². The van der Waals surface area contributed by atoms with Gasteiger partial charge in [0, 0.05) is 11.6 Å². The number of carbonyl (C=O) groups excluding carboxylic acids is 1. The van der Waals surface area contributed by atoms with Gasteiger partial charge in [0.1, 0.15) is 0 Å². The van der Waals surface area contributed by atoms with E-state index in [1.807, 2.05) is 31.2 Å². The van der Waals surface area contributed by atoms with Crippen LogP contribution in [-0.2, 0) is 0 Å². The van der Waals surface area contributed by atoms with Gasteiger partial charge in [-0.25, -0.2) is 0 Å². The van der Waals surface area contributed by atoms with Crippen LogP contribution in [0.5, 0.6) is 0 Å². The Morgan fingerprint density at radius 2 is 2.21 bits per heavy atom. The molecule has 0 heterocycles. The molecule has 1 amide bonds. The zero-order valence-corrected chi connectivity index (χ0v) is 12.1. The molecular formula is C17H25NO. The normalized spacial score (nSPS) is 22.4. The second kappa shape index (κ2) is 6.74. The van der Waals surface area contributed by atoms with Gasteiger partial charge in [-0.05, 0) is 44.2 Å². The minimum atomic E-state index is 0.0945. The number of amides is 1. The summed E-state index contributed by atoms with van der Waals surface area (Å²) in [5.74, 6) is 0.783. The highest BCUT2D eigenvalue weighted by atomic mass is 16.1. The third kappa shape index (κ3) is 3.82. The van der Waals surface area contributed by atoms with Crippen molar-refractivity contribution in [1.29, 1.82) is 0 Å². The fraction of sp³-hybridized carbons (Fsp3) is 0.588. The van der Waals surface area contributed by atoms with Gasteiger partial charge in [0.15, 0.2) is 0 Å². The molecule has 0 saturated heterocycles. The fourth-order valence-electron chi connectivity index (χ4n) is 3.08. The van der Waals surface area contributed by atoms with Crippen LogP contribution >= 0.6 is 0 Å². The Balaban J connectivity index is 1.94. The van der Waals surface area contributed by atoms with Crippen LogP contribution in [-0.4, -0.2) is 11.9 Å². The average Bonchev–Trinajstić information content (AvgIpc) is 2.83. The summed E-state index contributed by atoms with van der Waals surface area (Å²) in [7, 11) is 0. The highest BCUT2D eigenvalue weighted by Gasteiger charge is 2.28. The molecule has 1 aromatic carbocycles. The molecule has 2 nitrogen and oxygen atoms in total. The van der Waals surface area contributed by atoms with Crippen molar-refractivity contribution in [2.24, 2.45) is 5.92 Å². The number of unbranched alkanes of at least 4 members (excludes halogenated alkanes) is 1. The van der Waals surface area contributed by atoms with Gasteiger partial charge in [0.05, 0.1) is 0 Å². The molecule has 2 heteroatoms. The zero-order valence-electron chi connectivity index (χ0n) is 12.1. The third-order valence-corrected chi connectivity index (χ3v) is 4.18. The molecule has 1 aromatic rings. The minimum absolute atomic E-state index is 0.0945. The summed E-state index contributed by atoms with van der Waals surface area (Å²) < 4.78 is 0. The molecule has 19 heavy (non-hydrogen) atoms. The molecule has 0 spiro atoms. The first-order chi connectivity index (χ1) is 9.20. The van der Waals surface area contributed by atoms with Crippen molar-refractivity contribution in [3.63, 3.8) is 0 Å². The maximum atomic E-state index is 12.3. The van der Waals surface area contributed by atoms with Gasteiger partial charge in [0.25, 0.3) is 5.91 Å². The van der Waals surface area contributed by atoms with Crippen LogP contribution < -0.4 is 5.32 Å². The first-order valence-corrected chi connectivity index (χ1v) is 7.58. The fourth-order valence-corrected chi connectivity index (χ4v) is 3.08. The minimum Gasteiger partial charge on any atom is -0.349 e. The summed E-state index contributed by atoms with van der Waals surface area (Å²) in [6, 6.07) is 8.23. The molecule has 1 N–H and O–H groups in total. The van der Waals surface area contributed by atoms with E-state index in [4.69, 9.17) is 0 Å². The molecule has 1 fully saturated rings. The second-order valence-corrected chi connectivity index (χ2v) is 5.78. The number of rotatable bonds is 5. The van der Waals surface area contributed by atoms with Gasteiger partial charge in [0.2, 0.25) is 0 Å². The van der Waals surface area contributed by atoms with Crippen molar-refractivity contribution in [3.8, 4) is 0 Å². The van der Waals surface area contributed by atoms with E-state index in [2.05, 4.69) is 12.2 Å². The van der Waals surface area contributed by atoms with E-state index in [-0.39, 0.29) is 5.91 Å². The average molecular weight is 259 g/mol. The van der Waals surface area contributed by atoms with Crippen molar-refractivity contribution in [1.82, 2.24) is 5.32 Å². The maximum Gasteiger partial charge on any atom is 0.251 e. The van der Waals surface area contributed by atoms with Gasteiger partial charge in [-0.3, -0.25) is 4.79 Å². The predicted octanol–water partition coefficient (Wildman–Crippen LogP) is 4.08. The molecule has 0 bridgehead atoms. The van der Waals surface area contributed by atoms with Crippen LogP contribution in [0, 0.1) is 12.8 Å². The smallest absolute Gasteiger partial charge is 0.251 e. The molecule has 104 valence electrons. The van der Waals surface area contributed by atoms with Crippen LogP contribution in [0.2, 0.25) is 0 Å². The van der Waals surface area contributed by atoms with Crippen molar-refractivity contribution < 1.29 is 4.79 Å². The first kappa shape index (κ1) is 14.1. The molecule has 2 rings (SSSR count). The Morgan fingerprint density at radius 1 is 1.37 bits per heavy atom. The van der Waals surface area contributed by atoms with Crippen LogP contribution in [0.1, 0.15) is 61.4 Å². The number of carbonyl (C=O) groups is 1. The lowest BCUT2D eigenvalue weighted by Gasteiger charge is -2.21. The maximum absolute atomic E-state index is 12.3. The molecule has 2 unspecified atom stereocenters. The van der Waals surface area contributed by atoms with Crippen LogP contribution in [0.15, 0.2) is 24.3 Å². The first-order valence-electron chi connectivity index (χ1n) is 7.58. The molecule has 0 radical (unpaired) electrons. The summed E-state index contributed by atoms with van der Waals surface area (Å²) in [6.45, 7) is 4.26. The highest BCUT2D eigenvalue weighted by molar-refractivity contribution is 5.94. The van der Waals surface area contributed by atoms with Gasteiger partial charge in [-0.1, -0.05) is 43.9 Å². The lowest BCUT2D eigenvalue weighted by Crippen LogP contribution is -2.37. The molecular weight excluding hydrogens is 234 g/mol. The monoisotopic (exact) mass is 259 g/mol. The van der Waals surface area contributed by atoms with Crippen LogP contribution in [0.25, 0.3) is 0 Å². The molecule has 1 saturated carbocycles. The van der Waals surface area contributed by atoms with E-state index in [0.29, 0.717) is 12.0 Å². The van der Waals surface area contributed by atoms with E-state index < -0.39 is 0 Å².